The van der Waals surface area contributed by atoms with Gasteiger partial charge in [-0.15, -0.1) is 0 Å². The smallest absolute Gasteiger partial charge is 0.317 e. The Morgan fingerprint density at radius 2 is 1.87 bits per heavy atom. The number of rotatable bonds is 11. The summed E-state index contributed by atoms with van der Waals surface area (Å²) in [6.07, 6.45) is 0.834. The number of carbonyl (C=O) groups excluding carboxylic acids is 1. The van der Waals surface area contributed by atoms with E-state index in [-0.39, 0.29) is 36.7 Å². The van der Waals surface area contributed by atoms with E-state index in [0.717, 1.165) is 6.42 Å². The predicted octanol–water partition coefficient (Wildman–Crippen LogP) is 5.29. The minimum atomic E-state index is -1.59. The summed E-state index contributed by atoms with van der Waals surface area (Å²) in [5, 5.41) is 21.4. The molecule has 0 saturated heterocycles. The third-order valence-electron chi connectivity index (χ3n) is 7.00. The highest BCUT2D eigenvalue weighted by molar-refractivity contribution is 5.96. The number of halogens is 1. The molecule has 2 heterocycles. The van der Waals surface area contributed by atoms with Crippen LogP contribution in [-0.4, -0.2) is 47.3 Å². The van der Waals surface area contributed by atoms with Gasteiger partial charge in [-0.05, 0) is 75.2 Å². The number of benzene rings is 2. The van der Waals surface area contributed by atoms with Crippen molar-refractivity contribution in [3.05, 3.63) is 71.2 Å². The number of nitrogens with zero attached hydrogens (tertiary/aromatic N) is 1. The number of aliphatic carboxylic acids is 1. The summed E-state index contributed by atoms with van der Waals surface area (Å²) in [6, 6.07) is 12.0. The number of carboxylic acids is 1. The normalized spacial score (nSPS) is 17.6. The lowest BCUT2D eigenvalue weighted by atomic mass is 9.82. The summed E-state index contributed by atoms with van der Waals surface area (Å²) in [5.41, 5.74) is -1.19. The molecule has 0 bridgehead atoms. The van der Waals surface area contributed by atoms with Crippen molar-refractivity contribution >= 4 is 11.8 Å². The number of ketones is 1. The van der Waals surface area contributed by atoms with Crippen LogP contribution < -0.4 is 14.2 Å². The van der Waals surface area contributed by atoms with Crippen molar-refractivity contribution < 1.29 is 38.4 Å². The lowest BCUT2D eigenvalue weighted by Gasteiger charge is -2.25. The fraction of sp³-hybridized carbons (Fsp3) is 0.367. The molecule has 3 aromatic rings. The van der Waals surface area contributed by atoms with Gasteiger partial charge < -0.3 is 24.4 Å². The minimum absolute atomic E-state index is 0.0112. The third-order valence-corrected chi connectivity index (χ3v) is 7.00. The Morgan fingerprint density at radius 1 is 1.15 bits per heavy atom. The van der Waals surface area contributed by atoms with Crippen molar-refractivity contribution in [3.63, 3.8) is 0 Å². The van der Waals surface area contributed by atoms with E-state index < -0.39 is 22.8 Å². The Balaban J connectivity index is 1.64. The summed E-state index contributed by atoms with van der Waals surface area (Å²) < 4.78 is 30.4. The van der Waals surface area contributed by atoms with Gasteiger partial charge in [-0.3, -0.25) is 9.59 Å². The number of ether oxygens (including phenoxy) is 3. The maximum atomic E-state index is 13.6. The summed E-state index contributed by atoms with van der Waals surface area (Å²) in [6.45, 7) is 5.46. The fourth-order valence-electron chi connectivity index (χ4n) is 4.44. The molecule has 39 heavy (non-hydrogen) atoms. The summed E-state index contributed by atoms with van der Waals surface area (Å²) in [4.78, 5) is 29.8. The molecule has 0 radical (unpaired) electrons. The molecule has 1 aromatic heterocycles. The number of carbonyl (C=O) groups is 2. The van der Waals surface area contributed by atoms with Gasteiger partial charge in [0.15, 0.2) is 17.3 Å². The van der Waals surface area contributed by atoms with Crippen molar-refractivity contribution in [3.8, 4) is 28.5 Å². The van der Waals surface area contributed by atoms with Crippen LogP contribution in [0.1, 0.15) is 61.6 Å². The molecule has 4 rings (SSSR count). The second-order valence-electron chi connectivity index (χ2n) is 10.1. The molecular weight excluding hydrogens is 505 g/mol. The van der Waals surface area contributed by atoms with Gasteiger partial charge in [0, 0.05) is 23.1 Å². The van der Waals surface area contributed by atoms with Gasteiger partial charge in [-0.2, -0.15) is 0 Å². The molecule has 2 atom stereocenters. The molecule has 9 heteroatoms. The number of pyridine rings is 1. The third kappa shape index (κ3) is 5.59. The second kappa shape index (κ2) is 11.0. The lowest BCUT2D eigenvalue weighted by molar-refractivity contribution is -0.143. The van der Waals surface area contributed by atoms with Crippen molar-refractivity contribution in [1.29, 1.82) is 0 Å². The largest absolute Gasteiger partial charge is 0.493 e. The number of fused-ring (bicyclic) bond motifs is 1. The van der Waals surface area contributed by atoms with E-state index in [9.17, 15) is 24.2 Å². The number of carboxylic acid groups (broad SMARTS) is 1. The molecule has 0 spiro atoms. The van der Waals surface area contributed by atoms with Crippen molar-refractivity contribution in [2.24, 2.45) is 0 Å². The lowest BCUT2D eigenvalue weighted by Crippen LogP contribution is -2.34. The maximum absolute atomic E-state index is 13.6. The van der Waals surface area contributed by atoms with Gasteiger partial charge in [0.1, 0.15) is 34.9 Å². The Kier molecular flexibility index (Phi) is 7.92. The van der Waals surface area contributed by atoms with Crippen LogP contribution in [0.15, 0.2) is 48.5 Å². The van der Waals surface area contributed by atoms with Crippen LogP contribution in [0.2, 0.25) is 0 Å². The van der Waals surface area contributed by atoms with Gasteiger partial charge in [0.2, 0.25) is 0 Å². The first-order chi connectivity index (χ1) is 18.5. The van der Waals surface area contributed by atoms with Gasteiger partial charge >= 0.3 is 5.97 Å². The first-order valence-electron chi connectivity index (χ1n) is 12.7. The Hall–Kier alpha value is -3.98. The highest BCUT2D eigenvalue weighted by atomic mass is 19.1. The first-order valence-corrected chi connectivity index (χ1v) is 12.7. The molecule has 0 saturated carbocycles. The first kappa shape index (κ1) is 28.0. The number of aliphatic hydroxyl groups is 1. The van der Waals surface area contributed by atoms with Crippen molar-refractivity contribution in [2.75, 3.05) is 20.3 Å². The van der Waals surface area contributed by atoms with Gasteiger partial charge in [-0.1, -0.05) is 6.92 Å². The molecule has 0 amide bonds. The monoisotopic (exact) mass is 537 g/mol. The van der Waals surface area contributed by atoms with Crippen LogP contribution in [0, 0.1) is 5.82 Å². The van der Waals surface area contributed by atoms with Crippen LogP contribution in [0.25, 0.3) is 11.3 Å². The Labute approximate surface area is 226 Å². The zero-order valence-corrected chi connectivity index (χ0v) is 22.4. The SMILES string of the molecule is CCCOc1ccc(C(=O)CCC(C)(O)c2cc3c(c(-c4ccc(F)cc4)n2)OC[C@]3(C)C(=O)O)cc1OC. The molecule has 1 aliphatic rings. The molecule has 1 aliphatic heterocycles. The fourth-order valence-corrected chi connectivity index (χ4v) is 4.44. The molecule has 2 aromatic carbocycles. The van der Waals surface area contributed by atoms with Crippen LogP contribution >= 0.6 is 0 Å². The molecule has 1 unspecified atom stereocenters. The van der Waals surface area contributed by atoms with Gasteiger partial charge in [0.25, 0.3) is 0 Å². The maximum Gasteiger partial charge on any atom is 0.317 e. The van der Waals surface area contributed by atoms with E-state index in [1.807, 2.05) is 6.92 Å². The average molecular weight is 538 g/mol. The summed E-state index contributed by atoms with van der Waals surface area (Å²) in [5.74, 6) is -0.470. The summed E-state index contributed by atoms with van der Waals surface area (Å²) in [7, 11) is 1.50. The van der Waals surface area contributed by atoms with E-state index in [4.69, 9.17) is 14.2 Å². The molecule has 2 N–H and O–H groups in total. The standard InChI is InChI=1S/C30H32FNO7/c1-5-14-38-23-11-8-19(15-24(23)37-4)22(33)12-13-30(3,36)25-16-21-27(39-17-29(21,2)28(34)35)26(32-25)18-6-9-20(31)10-7-18/h6-11,15-16,36H,5,12-14,17H2,1-4H3,(H,34,35)/t29-,30?/m0/s1. The molecular formula is C30H32FNO7. The van der Waals surface area contributed by atoms with Crippen LogP contribution in [-0.2, 0) is 15.8 Å². The number of hydrogen-bond donors (Lipinski definition) is 2. The Morgan fingerprint density at radius 3 is 2.51 bits per heavy atom. The van der Waals surface area contributed by atoms with E-state index in [1.165, 1.54) is 44.4 Å². The van der Waals surface area contributed by atoms with E-state index in [2.05, 4.69) is 4.98 Å². The number of Topliss-reactive ketones (excluding diaryl/α,β-unsaturated/α-hetero) is 1. The molecule has 0 aliphatic carbocycles. The summed E-state index contributed by atoms with van der Waals surface area (Å²) >= 11 is 0. The Bertz CT molecular complexity index is 1390. The van der Waals surface area contributed by atoms with Gasteiger partial charge in [0.05, 0.1) is 19.4 Å². The quantitative estimate of drug-likeness (QED) is 0.317. The minimum Gasteiger partial charge on any atom is -0.493 e. The predicted molar refractivity (Wildman–Crippen MR) is 142 cm³/mol. The molecule has 0 fully saturated rings. The van der Waals surface area contributed by atoms with E-state index >= 15 is 0 Å². The van der Waals surface area contributed by atoms with Gasteiger partial charge in [-0.25, -0.2) is 9.37 Å². The van der Waals surface area contributed by atoms with Crippen molar-refractivity contribution in [2.45, 2.75) is 51.0 Å². The molecule has 8 nitrogen and oxygen atoms in total. The zero-order chi connectivity index (χ0) is 28.4. The van der Waals surface area contributed by atoms with E-state index in [0.29, 0.717) is 40.5 Å². The second-order valence-corrected chi connectivity index (χ2v) is 10.1. The van der Waals surface area contributed by atoms with Crippen LogP contribution in [0.4, 0.5) is 4.39 Å². The van der Waals surface area contributed by atoms with Crippen LogP contribution in [0.3, 0.4) is 0 Å². The molecule has 206 valence electrons. The number of aromatic nitrogens is 1. The van der Waals surface area contributed by atoms with Crippen LogP contribution in [0.5, 0.6) is 17.2 Å². The highest BCUT2D eigenvalue weighted by Gasteiger charge is 2.46. The van der Waals surface area contributed by atoms with Crippen molar-refractivity contribution in [1.82, 2.24) is 4.98 Å². The zero-order valence-electron chi connectivity index (χ0n) is 22.4. The van der Waals surface area contributed by atoms with E-state index in [1.54, 1.807) is 25.1 Å². The average Bonchev–Trinajstić information content (AvgIpc) is 3.28. The number of methoxy groups -OCH3 is 1. The number of hydrogen-bond acceptors (Lipinski definition) is 7. The topological polar surface area (TPSA) is 115 Å². The highest BCUT2D eigenvalue weighted by Crippen LogP contribution is 2.46.